The predicted octanol–water partition coefficient (Wildman–Crippen LogP) is 3.66. The first-order chi connectivity index (χ1) is 14.3. The van der Waals surface area contributed by atoms with Gasteiger partial charge in [0.2, 0.25) is 0 Å². The molecule has 1 unspecified atom stereocenters. The van der Waals surface area contributed by atoms with Gasteiger partial charge in [0.1, 0.15) is 0 Å². The van der Waals surface area contributed by atoms with Gasteiger partial charge in [-0.2, -0.15) is 0 Å². The molecule has 1 amide bonds. The molecule has 2 rings (SSSR count). The Morgan fingerprint density at radius 2 is 2.07 bits per heavy atom. The summed E-state index contributed by atoms with van der Waals surface area (Å²) in [5.74, 6) is 0.478. The maximum absolute atomic E-state index is 11.1. The Bertz CT molecular complexity index is 623. The van der Waals surface area contributed by atoms with Crippen molar-refractivity contribution in [3.63, 3.8) is 0 Å². The number of rotatable bonds is 13. The molecule has 0 spiro atoms. The van der Waals surface area contributed by atoms with Gasteiger partial charge in [-0.15, -0.1) is 11.6 Å². The molecule has 0 aliphatic carbocycles. The normalized spacial score (nSPS) is 19.9. The minimum atomic E-state index is -1.13. The standard InChI is InChI=1S/C23H37ClN2O4/c1-23(2,11-6-9-19(24)18-10-12-30-15-18)16-25-14-21(27)20(26-22(28)29)13-17-7-4-3-5-8-17/h3-5,7-8,18-21,25-27H,6,9-16H2,1-2H3,(H,28,29)/t18-,19?,20-,21+/m0/s1. The predicted molar refractivity (Wildman–Crippen MR) is 120 cm³/mol. The van der Waals surface area contributed by atoms with E-state index in [1.807, 2.05) is 30.3 Å². The smallest absolute Gasteiger partial charge is 0.404 e. The van der Waals surface area contributed by atoms with E-state index in [1.165, 1.54) is 0 Å². The van der Waals surface area contributed by atoms with E-state index in [-0.39, 0.29) is 10.8 Å². The number of hydrogen-bond acceptors (Lipinski definition) is 4. The summed E-state index contributed by atoms with van der Waals surface area (Å²) < 4.78 is 5.42. The van der Waals surface area contributed by atoms with E-state index in [9.17, 15) is 9.90 Å². The Balaban J connectivity index is 1.72. The second kappa shape index (κ2) is 12.5. The number of halogens is 1. The zero-order valence-corrected chi connectivity index (χ0v) is 18.9. The van der Waals surface area contributed by atoms with Crippen LogP contribution in [-0.2, 0) is 11.2 Å². The highest BCUT2D eigenvalue weighted by Crippen LogP contribution is 2.28. The van der Waals surface area contributed by atoms with E-state index in [1.54, 1.807) is 0 Å². The Hall–Kier alpha value is -1.34. The second-order valence-electron chi connectivity index (χ2n) is 9.14. The lowest BCUT2D eigenvalue weighted by Gasteiger charge is -2.28. The summed E-state index contributed by atoms with van der Waals surface area (Å²) in [5, 5.41) is 25.6. The molecular weight excluding hydrogens is 404 g/mol. The Labute approximate surface area is 185 Å². The fraction of sp³-hybridized carbons (Fsp3) is 0.696. The molecule has 30 heavy (non-hydrogen) atoms. The van der Waals surface area contributed by atoms with Crippen LogP contribution in [0.25, 0.3) is 0 Å². The van der Waals surface area contributed by atoms with Gasteiger partial charge < -0.3 is 25.6 Å². The van der Waals surface area contributed by atoms with Crippen molar-refractivity contribution < 1.29 is 19.7 Å². The average molecular weight is 441 g/mol. The summed E-state index contributed by atoms with van der Waals surface area (Å²) in [6.45, 7) is 7.09. The number of aliphatic hydroxyl groups excluding tert-OH is 1. The van der Waals surface area contributed by atoms with Crippen molar-refractivity contribution in [3.8, 4) is 0 Å². The topological polar surface area (TPSA) is 90.8 Å². The first-order valence-corrected chi connectivity index (χ1v) is 11.3. The molecule has 6 nitrogen and oxygen atoms in total. The molecule has 4 atom stereocenters. The molecular formula is C23H37ClN2O4. The third-order valence-corrected chi connectivity index (χ3v) is 6.41. The molecule has 1 fully saturated rings. The van der Waals surface area contributed by atoms with Crippen LogP contribution in [0.3, 0.4) is 0 Å². The molecule has 1 aromatic carbocycles. The highest BCUT2D eigenvalue weighted by atomic mass is 35.5. The number of hydrogen-bond donors (Lipinski definition) is 4. The number of carbonyl (C=O) groups is 1. The molecule has 1 aromatic rings. The van der Waals surface area contributed by atoms with Crippen molar-refractivity contribution in [2.24, 2.45) is 11.3 Å². The molecule has 7 heteroatoms. The van der Waals surface area contributed by atoms with Crippen LogP contribution in [0.4, 0.5) is 4.79 Å². The quantitative estimate of drug-likeness (QED) is 0.351. The second-order valence-corrected chi connectivity index (χ2v) is 9.70. The van der Waals surface area contributed by atoms with Gasteiger partial charge in [-0.25, -0.2) is 4.79 Å². The Kier molecular flexibility index (Phi) is 10.4. The van der Waals surface area contributed by atoms with Crippen LogP contribution in [0.2, 0.25) is 0 Å². The molecule has 1 aliphatic rings. The van der Waals surface area contributed by atoms with Crippen LogP contribution in [0.5, 0.6) is 0 Å². The third kappa shape index (κ3) is 9.21. The minimum Gasteiger partial charge on any atom is -0.465 e. The van der Waals surface area contributed by atoms with E-state index < -0.39 is 18.2 Å². The van der Waals surface area contributed by atoms with Crippen LogP contribution in [0.15, 0.2) is 30.3 Å². The molecule has 4 N–H and O–H groups in total. The van der Waals surface area contributed by atoms with E-state index in [4.69, 9.17) is 21.4 Å². The average Bonchev–Trinajstić information content (AvgIpc) is 3.22. The number of nitrogens with one attached hydrogen (secondary N) is 2. The highest BCUT2D eigenvalue weighted by Gasteiger charge is 2.26. The van der Waals surface area contributed by atoms with Gasteiger partial charge >= 0.3 is 6.09 Å². The van der Waals surface area contributed by atoms with Crippen LogP contribution < -0.4 is 10.6 Å². The lowest BCUT2D eigenvalue weighted by molar-refractivity contribution is 0.114. The molecule has 0 aromatic heterocycles. The summed E-state index contributed by atoms with van der Waals surface area (Å²) in [6.07, 6.45) is 2.65. The van der Waals surface area contributed by atoms with E-state index >= 15 is 0 Å². The molecule has 1 aliphatic heterocycles. The number of aliphatic hydroxyl groups is 1. The summed E-state index contributed by atoms with van der Waals surface area (Å²) in [5.41, 5.74) is 1.05. The lowest BCUT2D eigenvalue weighted by atomic mass is 9.86. The lowest BCUT2D eigenvalue weighted by Crippen LogP contribution is -2.49. The van der Waals surface area contributed by atoms with Gasteiger partial charge in [-0.3, -0.25) is 0 Å². The van der Waals surface area contributed by atoms with Crippen LogP contribution in [-0.4, -0.2) is 60.1 Å². The van der Waals surface area contributed by atoms with Crippen molar-refractivity contribution in [2.75, 3.05) is 26.3 Å². The summed E-state index contributed by atoms with van der Waals surface area (Å²) in [7, 11) is 0. The summed E-state index contributed by atoms with van der Waals surface area (Å²) in [6, 6.07) is 9.03. The summed E-state index contributed by atoms with van der Waals surface area (Å²) in [4.78, 5) is 11.1. The number of ether oxygens (including phenoxy) is 1. The minimum absolute atomic E-state index is 0.0671. The molecule has 0 saturated carbocycles. The van der Waals surface area contributed by atoms with Crippen molar-refractivity contribution >= 4 is 17.7 Å². The zero-order valence-electron chi connectivity index (χ0n) is 18.1. The summed E-state index contributed by atoms with van der Waals surface area (Å²) >= 11 is 6.52. The van der Waals surface area contributed by atoms with Gasteiger partial charge in [-0.1, -0.05) is 50.6 Å². The van der Waals surface area contributed by atoms with Crippen molar-refractivity contribution in [1.29, 1.82) is 0 Å². The van der Waals surface area contributed by atoms with Gasteiger partial charge in [-0.05, 0) is 36.7 Å². The molecule has 0 radical (unpaired) electrons. The van der Waals surface area contributed by atoms with Crippen LogP contribution >= 0.6 is 11.6 Å². The maximum atomic E-state index is 11.1. The van der Waals surface area contributed by atoms with E-state index in [2.05, 4.69) is 24.5 Å². The fourth-order valence-corrected chi connectivity index (χ4v) is 4.30. The number of carboxylic acid groups (broad SMARTS) is 1. The van der Waals surface area contributed by atoms with E-state index in [0.29, 0.717) is 18.9 Å². The monoisotopic (exact) mass is 440 g/mol. The van der Waals surface area contributed by atoms with Crippen molar-refractivity contribution in [3.05, 3.63) is 35.9 Å². The van der Waals surface area contributed by atoms with Crippen LogP contribution in [0, 0.1) is 11.3 Å². The van der Waals surface area contributed by atoms with Gasteiger partial charge in [0, 0.05) is 31.0 Å². The first kappa shape index (κ1) is 24.9. The van der Waals surface area contributed by atoms with Crippen molar-refractivity contribution in [2.45, 2.75) is 63.5 Å². The third-order valence-electron chi connectivity index (χ3n) is 5.84. The Morgan fingerprint density at radius 3 is 2.70 bits per heavy atom. The van der Waals surface area contributed by atoms with Gasteiger partial charge in [0.05, 0.1) is 18.8 Å². The molecule has 0 bridgehead atoms. The van der Waals surface area contributed by atoms with Gasteiger partial charge in [0.15, 0.2) is 0 Å². The molecule has 1 saturated heterocycles. The number of benzene rings is 1. The maximum Gasteiger partial charge on any atom is 0.404 e. The molecule has 170 valence electrons. The van der Waals surface area contributed by atoms with Gasteiger partial charge in [0.25, 0.3) is 0 Å². The number of alkyl halides is 1. The fourth-order valence-electron chi connectivity index (χ4n) is 3.95. The first-order valence-electron chi connectivity index (χ1n) is 10.9. The van der Waals surface area contributed by atoms with E-state index in [0.717, 1.165) is 51.0 Å². The Morgan fingerprint density at radius 1 is 1.33 bits per heavy atom. The van der Waals surface area contributed by atoms with Crippen molar-refractivity contribution in [1.82, 2.24) is 10.6 Å². The van der Waals surface area contributed by atoms with Crippen LogP contribution in [0.1, 0.15) is 45.1 Å². The zero-order chi connectivity index (χ0) is 22.0. The molecule has 1 heterocycles. The largest absolute Gasteiger partial charge is 0.465 e. The highest BCUT2D eigenvalue weighted by molar-refractivity contribution is 6.20. The number of amides is 1. The SMILES string of the molecule is CC(C)(CCCC(Cl)[C@H]1CCOC1)CNC[C@@H](O)[C@H](Cc1ccccc1)NC(=O)O.